The van der Waals surface area contributed by atoms with Crippen molar-refractivity contribution in [1.82, 2.24) is 15.3 Å². The Balaban J connectivity index is 1.50. The van der Waals surface area contributed by atoms with Crippen molar-refractivity contribution >= 4 is 28.1 Å². The minimum absolute atomic E-state index is 0.0576. The van der Waals surface area contributed by atoms with E-state index in [4.69, 9.17) is 0 Å². The molecular weight excluding hydrogens is 318 g/mol. The van der Waals surface area contributed by atoms with Crippen molar-refractivity contribution in [3.05, 3.63) is 77.6 Å². The highest BCUT2D eigenvalue weighted by atomic mass is 32.1. The number of hydrogen-bond acceptors (Lipinski definition) is 3. The number of nitrogens with zero attached hydrogens (tertiary/aromatic N) is 1. The summed E-state index contributed by atoms with van der Waals surface area (Å²) in [7, 11) is 0. The van der Waals surface area contributed by atoms with Crippen molar-refractivity contribution in [1.29, 1.82) is 0 Å². The zero-order valence-corrected chi connectivity index (χ0v) is 13.6. The van der Waals surface area contributed by atoms with Crippen molar-refractivity contribution in [2.45, 2.75) is 6.54 Å². The average molecular weight is 333 g/mol. The number of nitrogens with one attached hydrogen (secondary N) is 2. The molecule has 0 radical (unpaired) electrons. The maximum absolute atomic E-state index is 12.3. The molecule has 0 fully saturated rings. The first kappa shape index (κ1) is 14.7. The lowest BCUT2D eigenvalue weighted by Gasteiger charge is -2.03. The summed E-state index contributed by atoms with van der Waals surface area (Å²) < 4.78 is 0. The molecule has 0 aliphatic rings. The Bertz CT molecular complexity index is 988. The third kappa shape index (κ3) is 2.94. The molecule has 0 aliphatic carbocycles. The number of benzene rings is 1. The summed E-state index contributed by atoms with van der Waals surface area (Å²) in [6.45, 7) is 0.481. The lowest BCUT2D eigenvalue weighted by Crippen LogP contribution is -2.21. The first-order chi connectivity index (χ1) is 11.8. The number of carbonyl (C=O) groups excluding carboxylic acids is 1. The summed E-state index contributed by atoms with van der Waals surface area (Å²) >= 11 is 1.50. The molecule has 0 saturated carbocycles. The van der Waals surface area contributed by atoms with Crippen LogP contribution in [-0.4, -0.2) is 15.9 Å². The highest BCUT2D eigenvalue weighted by molar-refractivity contribution is 7.17. The molecule has 4 rings (SSSR count). The molecule has 5 heteroatoms. The van der Waals surface area contributed by atoms with Crippen molar-refractivity contribution in [3.8, 4) is 10.4 Å². The predicted molar refractivity (Wildman–Crippen MR) is 97.0 cm³/mol. The molecule has 4 nitrogen and oxygen atoms in total. The SMILES string of the molecule is O=C(NCc1cccnc1)c1ccc(-c2ccc3[nH]ccc3c2)s1. The smallest absolute Gasteiger partial charge is 0.261 e. The zero-order chi connectivity index (χ0) is 16.4. The van der Waals surface area contributed by atoms with Gasteiger partial charge in [0.1, 0.15) is 0 Å². The van der Waals surface area contributed by atoms with Gasteiger partial charge < -0.3 is 10.3 Å². The Labute approximate surface area is 143 Å². The number of carbonyl (C=O) groups is 1. The summed E-state index contributed by atoms with van der Waals surface area (Å²) in [6, 6.07) is 16.0. The quantitative estimate of drug-likeness (QED) is 0.587. The molecule has 0 atom stereocenters. The van der Waals surface area contributed by atoms with Gasteiger partial charge in [0.25, 0.3) is 5.91 Å². The maximum Gasteiger partial charge on any atom is 0.261 e. The van der Waals surface area contributed by atoms with E-state index in [9.17, 15) is 4.79 Å². The van der Waals surface area contributed by atoms with E-state index >= 15 is 0 Å². The molecule has 0 bridgehead atoms. The van der Waals surface area contributed by atoms with Gasteiger partial charge in [-0.3, -0.25) is 9.78 Å². The van der Waals surface area contributed by atoms with Crippen LogP contribution in [0.25, 0.3) is 21.3 Å². The Morgan fingerprint density at radius 3 is 3.00 bits per heavy atom. The van der Waals surface area contributed by atoms with Crippen LogP contribution in [0.15, 0.2) is 67.1 Å². The molecule has 0 spiro atoms. The van der Waals surface area contributed by atoms with E-state index < -0.39 is 0 Å². The summed E-state index contributed by atoms with van der Waals surface area (Å²) in [5.41, 5.74) is 3.23. The summed E-state index contributed by atoms with van der Waals surface area (Å²) in [4.78, 5) is 21.3. The highest BCUT2D eigenvalue weighted by Gasteiger charge is 2.10. The van der Waals surface area contributed by atoms with Gasteiger partial charge in [-0.05, 0) is 52.9 Å². The number of aromatic nitrogens is 2. The first-order valence-electron chi connectivity index (χ1n) is 7.64. The second-order valence-electron chi connectivity index (χ2n) is 5.49. The summed E-state index contributed by atoms with van der Waals surface area (Å²) in [5.74, 6) is -0.0576. The van der Waals surface area contributed by atoms with E-state index in [1.807, 2.05) is 36.5 Å². The highest BCUT2D eigenvalue weighted by Crippen LogP contribution is 2.30. The Hall–Kier alpha value is -2.92. The van der Waals surface area contributed by atoms with Gasteiger partial charge in [0, 0.05) is 35.5 Å². The molecular formula is C19H15N3OS. The monoisotopic (exact) mass is 333 g/mol. The molecule has 1 aromatic carbocycles. The lowest BCUT2D eigenvalue weighted by molar-refractivity contribution is 0.0955. The predicted octanol–water partition coefficient (Wildman–Crippen LogP) is 4.22. The first-order valence-corrected chi connectivity index (χ1v) is 8.46. The van der Waals surface area contributed by atoms with E-state index in [0.717, 1.165) is 21.5 Å². The molecule has 0 unspecified atom stereocenters. The van der Waals surface area contributed by atoms with Gasteiger partial charge in [0.15, 0.2) is 0 Å². The number of aromatic amines is 1. The number of fused-ring (bicyclic) bond motifs is 1. The van der Waals surface area contributed by atoms with Crippen LogP contribution in [0.5, 0.6) is 0 Å². The van der Waals surface area contributed by atoms with E-state index in [1.54, 1.807) is 12.4 Å². The number of amides is 1. The largest absolute Gasteiger partial charge is 0.361 e. The van der Waals surface area contributed by atoms with Crippen LogP contribution < -0.4 is 5.32 Å². The third-order valence-corrected chi connectivity index (χ3v) is 4.98. The van der Waals surface area contributed by atoms with E-state index in [2.05, 4.69) is 33.5 Å². The minimum Gasteiger partial charge on any atom is -0.361 e. The normalized spacial score (nSPS) is 10.8. The van der Waals surface area contributed by atoms with Crippen molar-refractivity contribution in [2.24, 2.45) is 0 Å². The van der Waals surface area contributed by atoms with Gasteiger partial charge in [-0.15, -0.1) is 11.3 Å². The van der Waals surface area contributed by atoms with Gasteiger partial charge in [-0.1, -0.05) is 12.1 Å². The van der Waals surface area contributed by atoms with Crippen LogP contribution >= 0.6 is 11.3 Å². The summed E-state index contributed by atoms with van der Waals surface area (Å²) in [6.07, 6.45) is 5.41. The molecule has 3 aromatic heterocycles. The van der Waals surface area contributed by atoms with Gasteiger partial charge in [-0.2, -0.15) is 0 Å². The van der Waals surface area contributed by atoms with Crippen LogP contribution in [-0.2, 0) is 6.54 Å². The van der Waals surface area contributed by atoms with Gasteiger partial charge >= 0.3 is 0 Å². The fourth-order valence-electron chi connectivity index (χ4n) is 2.59. The average Bonchev–Trinajstić information content (AvgIpc) is 3.29. The molecule has 24 heavy (non-hydrogen) atoms. The molecule has 3 heterocycles. The molecule has 0 saturated heterocycles. The van der Waals surface area contributed by atoms with Crippen molar-refractivity contribution in [2.75, 3.05) is 0 Å². The number of H-pyrrole nitrogens is 1. The van der Waals surface area contributed by atoms with Crippen molar-refractivity contribution < 1.29 is 4.79 Å². The Morgan fingerprint density at radius 2 is 2.12 bits per heavy atom. The lowest BCUT2D eigenvalue weighted by atomic mass is 10.1. The fraction of sp³-hybridized carbons (Fsp3) is 0.0526. The number of thiophene rings is 1. The van der Waals surface area contributed by atoms with Crippen LogP contribution in [0.3, 0.4) is 0 Å². The second kappa shape index (κ2) is 6.29. The molecule has 4 aromatic rings. The summed E-state index contributed by atoms with van der Waals surface area (Å²) in [5, 5.41) is 4.10. The van der Waals surface area contributed by atoms with E-state index in [1.165, 1.54) is 16.7 Å². The standard InChI is InChI=1S/C19H15N3OS/c23-19(22-12-13-2-1-8-20-11-13)18-6-5-17(24-18)15-3-4-16-14(10-15)7-9-21-16/h1-11,21H,12H2,(H,22,23). The van der Waals surface area contributed by atoms with Gasteiger partial charge in [0.05, 0.1) is 4.88 Å². The van der Waals surface area contributed by atoms with E-state index in [-0.39, 0.29) is 5.91 Å². The van der Waals surface area contributed by atoms with Crippen molar-refractivity contribution in [3.63, 3.8) is 0 Å². The second-order valence-corrected chi connectivity index (χ2v) is 6.57. The molecule has 0 aliphatic heterocycles. The Kier molecular flexibility index (Phi) is 3.84. The van der Waals surface area contributed by atoms with Gasteiger partial charge in [0.2, 0.25) is 0 Å². The zero-order valence-electron chi connectivity index (χ0n) is 12.8. The minimum atomic E-state index is -0.0576. The molecule has 2 N–H and O–H groups in total. The third-order valence-electron chi connectivity index (χ3n) is 3.84. The molecule has 118 valence electrons. The number of pyridine rings is 1. The van der Waals surface area contributed by atoms with Gasteiger partial charge in [-0.25, -0.2) is 0 Å². The topological polar surface area (TPSA) is 57.8 Å². The Morgan fingerprint density at radius 1 is 1.17 bits per heavy atom. The van der Waals surface area contributed by atoms with Crippen LogP contribution in [0, 0.1) is 0 Å². The number of hydrogen-bond donors (Lipinski definition) is 2. The fourth-order valence-corrected chi connectivity index (χ4v) is 3.51. The molecule has 1 amide bonds. The van der Waals surface area contributed by atoms with E-state index in [0.29, 0.717) is 11.4 Å². The van der Waals surface area contributed by atoms with Crippen LogP contribution in [0.2, 0.25) is 0 Å². The van der Waals surface area contributed by atoms with Crippen LogP contribution in [0.1, 0.15) is 15.2 Å². The number of rotatable bonds is 4. The maximum atomic E-state index is 12.3. The van der Waals surface area contributed by atoms with Crippen LogP contribution in [0.4, 0.5) is 0 Å².